The first-order valence-electron chi connectivity index (χ1n) is 6.40. The molecule has 7 nitrogen and oxygen atoms in total. The fourth-order valence-corrected chi connectivity index (χ4v) is 2.20. The Morgan fingerprint density at radius 2 is 1.95 bits per heavy atom. The molecule has 0 fully saturated rings. The Labute approximate surface area is 125 Å². The largest absolute Gasteiger partial charge is 0.493 e. The first kappa shape index (κ1) is 13.9. The molecule has 3 rings (SSSR count). The summed E-state index contributed by atoms with van der Waals surface area (Å²) in [5, 5.41) is 11.1. The molecule has 2 aromatic carbocycles. The fourth-order valence-electron chi connectivity index (χ4n) is 2.20. The van der Waals surface area contributed by atoms with Crippen LogP contribution >= 0.6 is 0 Å². The number of non-ortho nitro benzene ring substituents is 1. The summed E-state index contributed by atoms with van der Waals surface area (Å²) in [6.45, 7) is 0. The third kappa shape index (κ3) is 2.22. The molecule has 0 radical (unpaired) electrons. The second-order valence-electron chi connectivity index (χ2n) is 4.47. The molecule has 0 N–H and O–H groups in total. The van der Waals surface area contributed by atoms with E-state index in [-0.39, 0.29) is 17.3 Å². The van der Waals surface area contributed by atoms with Crippen molar-refractivity contribution in [2.75, 3.05) is 14.2 Å². The maximum Gasteiger partial charge on any atom is 0.274 e. The normalized spacial score (nSPS) is 10.6. The number of ether oxygens (including phenoxy) is 2. The quantitative estimate of drug-likeness (QED) is 0.542. The zero-order chi connectivity index (χ0) is 15.7. The average Bonchev–Trinajstić information content (AvgIpc) is 2.97. The van der Waals surface area contributed by atoms with Crippen molar-refractivity contribution in [3.63, 3.8) is 0 Å². The van der Waals surface area contributed by atoms with E-state index in [1.54, 1.807) is 12.1 Å². The van der Waals surface area contributed by atoms with Crippen LogP contribution in [0.15, 0.2) is 40.8 Å². The van der Waals surface area contributed by atoms with Crippen molar-refractivity contribution in [3.8, 4) is 23.0 Å². The maximum absolute atomic E-state index is 11.1. The highest BCUT2D eigenvalue weighted by atomic mass is 16.6. The molecular formula is C15H12N2O5. The van der Waals surface area contributed by atoms with Crippen molar-refractivity contribution >= 4 is 16.8 Å². The molecule has 1 heterocycles. The predicted molar refractivity (Wildman–Crippen MR) is 79.2 cm³/mol. The minimum absolute atomic E-state index is 0.130. The Morgan fingerprint density at radius 3 is 2.59 bits per heavy atom. The number of hydrogen-bond acceptors (Lipinski definition) is 6. The minimum Gasteiger partial charge on any atom is -0.493 e. The van der Waals surface area contributed by atoms with Gasteiger partial charge in [0.2, 0.25) is 5.89 Å². The number of rotatable bonds is 4. The van der Waals surface area contributed by atoms with Crippen molar-refractivity contribution in [1.82, 2.24) is 4.98 Å². The number of para-hydroxylation sites is 2. The fraction of sp³-hybridized carbons (Fsp3) is 0.133. The zero-order valence-corrected chi connectivity index (χ0v) is 11.9. The van der Waals surface area contributed by atoms with Crippen LogP contribution in [0.3, 0.4) is 0 Å². The third-order valence-electron chi connectivity index (χ3n) is 3.20. The Balaban J connectivity index is 2.27. The standard InChI is InChI=1S/C15H12N2O5/c1-20-13-8-9(17(18)19)7-10(14(13)21-2)15-16-11-5-3-4-6-12(11)22-15/h3-8H,1-2H3. The van der Waals surface area contributed by atoms with Gasteiger partial charge in [-0.25, -0.2) is 4.98 Å². The lowest BCUT2D eigenvalue weighted by Gasteiger charge is -2.10. The van der Waals surface area contributed by atoms with E-state index in [0.29, 0.717) is 22.4 Å². The number of benzene rings is 2. The zero-order valence-electron chi connectivity index (χ0n) is 11.9. The number of nitro groups is 1. The van der Waals surface area contributed by atoms with E-state index in [4.69, 9.17) is 13.9 Å². The van der Waals surface area contributed by atoms with Crippen LogP contribution in [0.1, 0.15) is 0 Å². The monoisotopic (exact) mass is 300 g/mol. The van der Waals surface area contributed by atoms with Crippen LogP contribution in [0.25, 0.3) is 22.6 Å². The SMILES string of the molecule is COc1cc([N+](=O)[O-])cc(-c2nc3ccccc3o2)c1OC. The summed E-state index contributed by atoms with van der Waals surface area (Å²) in [7, 11) is 2.87. The molecule has 0 saturated heterocycles. The number of aromatic nitrogens is 1. The van der Waals surface area contributed by atoms with E-state index in [2.05, 4.69) is 4.98 Å². The summed E-state index contributed by atoms with van der Waals surface area (Å²) >= 11 is 0. The number of oxazole rings is 1. The topological polar surface area (TPSA) is 87.6 Å². The van der Waals surface area contributed by atoms with Gasteiger partial charge in [0.15, 0.2) is 17.1 Å². The van der Waals surface area contributed by atoms with Gasteiger partial charge >= 0.3 is 0 Å². The second-order valence-corrected chi connectivity index (χ2v) is 4.47. The van der Waals surface area contributed by atoms with Gasteiger partial charge in [-0.15, -0.1) is 0 Å². The molecule has 0 unspecified atom stereocenters. The van der Waals surface area contributed by atoms with Crippen LogP contribution in [0.2, 0.25) is 0 Å². The van der Waals surface area contributed by atoms with E-state index in [0.717, 1.165) is 0 Å². The van der Waals surface area contributed by atoms with E-state index in [1.807, 2.05) is 12.1 Å². The molecule has 0 atom stereocenters. The van der Waals surface area contributed by atoms with Gasteiger partial charge in [-0.1, -0.05) is 12.1 Å². The van der Waals surface area contributed by atoms with Gasteiger partial charge in [0.25, 0.3) is 5.69 Å². The van der Waals surface area contributed by atoms with Crippen LogP contribution < -0.4 is 9.47 Å². The molecule has 3 aromatic rings. The van der Waals surface area contributed by atoms with Gasteiger partial charge in [0.1, 0.15) is 5.52 Å². The molecule has 0 aliphatic carbocycles. The molecule has 0 spiro atoms. The lowest BCUT2D eigenvalue weighted by molar-refractivity contribution is -0.384. The third-order valence-corrected chi connectivity index (χ3v) is 3.20. The van der Waals surface area contributed by atoms with Crippen LogP contribution in [-0.4, -0.2) is 24.1 Å². The Morgan fingerprint density at radius 1 is 1.18 bits per heavy atom. The van der Waals surface area contributed by atoms with Crippen molar-refractivity contribution < 1.29 is 18.8 Å². The number of hydrogen-bond donors (Lipinski definition) is 0. The molecule has 1 aromatic heterocycles. The number of fused-ring (bicyclic) bond motifs is 1. The van der Waals surface area contributed by atoms with Crippen molar-refractivity contribution in [3.05, 3.63) is 46.5 Å². The molecule has 112 valence electrons. The first-order valence-corrected chi connectivity index (χ1v) is 6.40. The summed E-state index contributed by atoms with van der Waals surface area (Å²) in [6, 6.07) is 9.87. The summed E-state index contributed by atoms with van der Waals surface area (Å²) < 4.78 is 16.1. The second kappa shape index (κ2) is 5.36. The summed E-state index contributed by atoms with van der Waals surface area (Å²) in [5.41, 5.74) is 1.48. The van der Waals surface area contributed by atoms with E-state index in [9.17, 15) is 10.1 Å². The average molecular weight is 300 g/mol. The number of methoxy groups -OCH3 is 2. The van der Waals surface area contributed by atoms with Gasteiger partial charge < -0.3 is 13.9 Å². The van der Waals surface area contributed by atoms with Crippen LogP contribution in [0.4, 0.5) is 5.69 Å². The summed E-state index contributed by atoms with van der Waals surface area (Å²) in [6.07, 6.45) is 0. The van der Waals surface area contributed by atoms with Crippen LogP contribution in [-0.2, 0) is 0 Å². The van der Waals surface area contributed by atoms with Gasteiger partial charge in [-0.2, -0.15) is 0 Å². The lowest BCUT2D eigenvalue weighted by Crippen LogP contribution is -1.97. The Bertz CT molecular complexity index is 823. The van der Waals surface area contributed by atoms with Gasteiger partial charge in [-0.3, -0.25) is 10.1 Å². The molecule has 0 aliphatic heterocycles. The molecule has 22 heavy (non-hydrogen) atoms. The van der Waals surface area contributed by atoms with Gasteiger partial charge in [0, 0.05) is 6.07 Å². The first-order chi connectivity index (χ1) is 10.6. The lowest BCUT2D eigenvalue weighted by atomic mass is 10.1. The van der Waals surface area contributed by atoms with Crippen molar-refractivity contribution in [2.45, 2.75) is 0 Å². The molecule has 0 aliphatic rings. The molecule has 0 saturated carbocycles. The highest BCUT2D eigenvalue weighted by molar-refractivity contribution is 5.79. The predicted octanol–water partition coefficient (Wildman–Crippen LogP) is 3.42. The van der Waals surface area contributed by atoms with Crippen molar-refractivity contribution in [1.29, 1.82) is 0 Å². The summed E-state index contributed by atoms with van der Waals surface area (Å²) in [5.74, 6) is 0.814. The molecular weight excluding hydrogens is 288 g/mol. The highest BCUT2D eigenvalue weighted by Crippen LogP contribution is 2.41. The van der Waals surface area contributed by atoms with E-state index in [1.165, 1.54) is 26.4 Å². The molecule has 0 amide bonds. The van der Waals surface area contributed by atoms with Gasteiger partial charge in [-0.05, 0) is 12.1 Å². The van der Waals surface area contributed by atoms with Gasteiger partial charge in [0.05, 0.1) is 30.8 Å². The van der Waals surface area contributed by atoms with E-state index >= 15 is 0 Å². The van der Waals surface area contributed by atoms with E-state index < -0.39 is 4.92 Å². The molecule has 0 bridgehead atoms. The minimum atomic E-state index is -0.506. The van der Waals surface area contributed by atoms with Crippen LogP contribution in [0.5, 0.6) is 11.5 Å². The molecule has 7 heteroatoms. The Hall–Kier alpha value is -3.09. The van der Waals surface area contributed by atoms with Crippen LogP contribution in [0, 0.1) is 10.1 Å². The number of nitrogens with zero attached hydrogens (tertiary/aromatic N) is 2. The van der Waals surface area contributed by atoms with Crippen molar-refractivity contribution in [2.24, 2.45) is 0 Å². The number of nitro benzene ring substituents is 1. The smallest absolute Gasteiger partial charge is 0.274 e. The maximum atomic E-state index is 11.1. The Kier molecular flexibility index (Phi) is 3.38. The highest BCUT2D eigenvalue weighted by Gasteiger charge is 2.22. The summed E-state index contributed by atoms with van der Waals surface area (Å²) in [4.78, 5) is 14.9.